The van der Waals surface area contributed by atoms with E-state index in [0.29, 0.717) is 29.2 Å². The van der Waals surface area contributed by atoms with Crippen molar-refractivity contribution in [2.45, 2.75) is 109 Å². The molecule has 0 bridgehead atoms. The van der Waals surface area contributed by atoms with Crippen LogP contribution in [-0.2, 0) is 22.1 Å². The van der Waals surface area contributed by atoms with Crippen LogP contribution >= 0.6 is 11.6 Å². The number of hydrogen-bond acceptors (Lipinski definition) is 7. The molecule has 1 aromatic carbocycles. The van der Waals surface area contributed by atoms with Crippen LogP contribution in [-0.4, -0.2) is 64.8 Å². The van der Waals surface area contributed by atoms with Gasteiger partial charge in [0.15, 0.2) is 8.32 Å². The van der Waals surface area contributed by atoms with Crippen LogP contribution in [0.1, 0.15) is 93.1 Å². The van der Waals surface area contributed by atoms with Gasteiger partial charge in [0, 0.05) is 49.4 Å². The lowest BCUT2D eigenvalue weighted by Gasteiger charge is -2.43. The SMILES string of the molecule is CN(Cc1cncc(C#N)c1)C(=O)c1ccc(C[C@@H]2CC[C@H]([C@H](O[Si](C)(C)C(C)(C)C)c3ccc(Cl)nc3)N2C(=O)OC(C)(C)C)cc1. The monoisotopic (exact) mass is 689 g/mol. The number of halogens is 1. The second-order valence-corrected chi connectivity index (χ2v) is 20.3. The summed E-state index contributed by atoms with van der Waals surface area (Å²) < 4.78 is 13.1. The van der Waals surface area contributed by atoms with E-state index in [-0.39, 0.29) is 29.1 Å². The number of pyridine rings is 2. The Hall–Kier alpha value is -3.78. The van der Waals surface area contributed by atoms with Crippen molar-refractivity contribution < 1.29 is 18.8 Å². The molecule has 1 saturated heterocycles. The van der Waals surface area contributed by atoms with Gasteiger partial charge >= 0.3 is 6.09 Å². The molecular formula is C37H48ClN5O4Si. The van der Waals surface area contributed by atoms with Crippen molar-refractivity contribution in [3.63, 3.8) is 0 Å². The largest absolute Gasteiger partial charge is 0.444 e. The highest BCUT2D eigenvalue weighted by atomic mass is 35.5. The van der Waals surface area contributed by atoms with E-state index in [1.54, 1.807) is 36.5 Å². The normalized spacial score (nSPS) is 17.5. The maximum absolute atomic E-state index is 14.0. The molecule has 3 atom stereocenters. The summed E-state index contributed by atoms with van der Waals surface area (Å²) in [5, 5.41) is 9.52. The van der Waals surface area contributed by atoms with Crippen molar-refractivity contribution in [3.8, 4) is 6.07 Å². The molecule has 4 rings (SSSR count). The summed E-state index contributed by atoms with van der Waals surface area (Å²) in [7, 11) is -0.561. The number of amides is 2. The molecule has 11 heteroatoms. The molecule has 2 amide bonds. The number of ether oxygens (including phenoxy) is 1. The highest BCUT2D eigenvalue weighted by Crippen LogP contribution is 2.44. The average Bonchev–Trinajstić information content (AvgIpc) is 3.42. The predicted octanol–water partition coefficient (Wildman–Crippen LogP) is 8.35. The molecule has 1 aliphatic rings. The zero-order chi connectivity index (χ0) is 35.4. The smallest absolute Gasteiger partial charge is 0.410 e. The Kier molecular flexibility index (Phi) is 11.4. The van der Waals surface area contributed by atoms with Gasteiger partial charge in [-0.3, -0.25) is 14.7 Å². The number of likely N-dealkylation sites (tertiary alicyclic amines) is 1. The molecule has 3 aromatic rings. The Morgan fingerprint density at radius 2 is 1.73 bits per heavy atom. The minimum absolute atomic E-state index is 0.0509. The average molecular weight is 690 g/mol. The van der Waals surface area contributed by atoms with Crippen LogP contribution in [0.25, 0.3) is 0 Å². The Morgan fingerprint density at radius 3 is 2.31 bits per heavy atom. The maximum atomic E-state index is 14.0. The molecule has 1 fully saturated rings. The Balaban J connectivity index is 1.59. The van der Waals surface area contributed by atoms with Crippen LogP contribution < -0.4 is 0 Å². The minimum atomic E-state index is -2.29. The van der Waals surface area contributed by atoms with E-state index in [2.05, 4.69) is 49.9 Å². The number of aromatic nitrogens is 2. The van der Waals surface area contributed by atoms with Gasteiger partial charge in [0.05, 0.1) is 17.7 Å². The maximum Gasteiger partial charge on any atom is 0.410 e. The second kappa shape index (κ2) is 14.8. The number of benzene rings is 1. The molecule has 0 spiro atoms. The van der Waals surface area contributed by atoms with Crippen LogP contribution in [0.4, 0.5) is 4.79 Å². The summed E-state index contributed by atoms with van der Waals surface area (Å²) in [6.45, 7) is 17.0. The highest BCUT2D eigenvalue weighted by Gasteiger charge is 2.47. The highest BCUT2D eigenvalue weighted by molar-refractivity contribution is 6.74. The molecule has 0 saturated carbocycles. The zero-order valence-electron chi connectivity index (χ0n) is 29.6. The van der Waals surface area contributed by atoms with Gasteiger partial charge in [-0.2, -0.15) is 5.26 Å². The minimum Gasteiger partial charge on any atom is -0.444 e. The van der Waals surface area contributed by atoms with Crippen molar-refractivity contribution in [2.75, 3.05) is 7.05 Å². The standard InChI is InChI=1S/C37H48ClN5O4Si/c1-36(2,3)46-35(45)43-30(15-16-31(43)33(29-14-17-32(38)41-23-29)47-48(8,9)37(4,5)6)19-25-10-12-28(13-11-25)34(44)42(7)24-27-18-26(20-39)21-40-22-27/h10-14,17-18,21-23,30-31,33H,15-16,19,24H2,1-9H3/t30-,31+,33+/m0/s1. The van der Waals surface area contributed by atoms with E-state index in [4.69, 9.17) is 20.8 Å². The quantitative estimate of drug-likeness (QED) is 0.164. The summed E-state index contributed by atoms with van der Waals surface area (Å²) in [5.41, 5.74) is 3.00. The summed E-state index contributed by atoms with van der Waals surface area (Å²) in [4.78, 5) is 39.2. The van der Waals surface area contributed by atoms with Crippen LogP contribution in [0.5, 0.6) is 0 Å². The van der Waals surface area contributed by atoms with Gasteiger partial charge in [-0.25, -0.2) is 9.78 Å². The molecule has 3 heterocycles. The van der Waals surface area contributed by atoms with Gasteiger partial charge in [0.25, 0.3) is 5.91 Å². The molecule has 0 unspecified atom stereocenters. The second-order valence-electron chi connectivity index (χ2n) is 15.2. The van der Waals surface area contributed by atoms with Gasteiger partial charge < -0.3 is 14.1 Å². The molecule has 1 aliphatic heterocycles. The number of carbonyl (C=O) groups is 2. The number of carbonyl (C=O) groups excluding carboxylic acids is 2. The van der Waals surface area contributed by atoms with Gasteiger partial charge in [-0.05, 0) is 93.6 Å². The predicted molar refractivity (Wildman–Crippen MR) is 190 cm³/mol. The first kappa shape index (κ1) is 37.0. The van der Waals surface area contributed by atoms with E-state index >= 15 is 0 Å². The Labute approximate surface area is 291 Å². The topological polar surface area (TPSA) is 109 Å². The first-order chi connectivity index (χ1) is 22.4. The van der Waals surface area contributed by atoms with Gasteiger partial charge in [0.2, 0.25) is 0 Å². The van der Waals surface area contributed by atoms with Gasteiger partial charge in [-0.1, -0.05) is 50.6 Å². The van der Waals surface area contributed by atoms with Crippen LogP contribution in [0, 0.1) is 11.3 Å². The van der Waals surface area contributed by atoms with Crippen LogP contribution in [0.3, 0.4) is 0 Å². The van der Waals surface area contributed by atoms with Gasteiger partial charge in [0.1, 0.15) is 16.8 Å². The summed E-state index contributed by atoms with van der Waals surface area (Å²) in [6, 6.07) is 14.7. The van der Waals surface area contributed by atoms with E-state index in [0.717, 1.165) is 29.5 Å². The Morgan fingerprint density at radius 1 is 1.04 bits per heavy atom. The van der Waals surface area contributed by atoms with E-state index in [1.807, 2.05) is 56.0 Å². The van der Waals surface area contributed by atoms with Crippen LogP contribution in [0.2, 0.25) is 23.3 Å². The molecule has 9 nitrogen and oxygen atoms in total. The van der Waals surface area contributed by atoms with Crippen LogP contribution in [0.15, 0.2) is 61.1 Å². The van der Waals surface area contributed by atoms with Gasteiger partial charge in [-0.15, -0.1) is 0 Å². The molecule has 0 N–H and O–H groups in total. The third kappa shape index (κ3) is 9.22. The summed E-state index contributed by atoms with van der Waals surface area (Å²) >= 11 is 6.18. The number of nitriles is 1. The first-order valence-electron chi connectivity index (χ1n) is 16.4. The molecule has 2 aromatic heterocycles. The molecule has 0 aliphatic carbocycles. The van der Waals surface area contributed by atoms with Crippen molar-refractivity contribution in [1.29, 1.82) is 5.26 Å². The molecule has 256 valence electrons. The number of rotatable bonds is 9. The zero-order valence-corrected chi connectivity index (χ0v) is 31.3. The number of hydrogen-bond donors (Lipinski definition) is 0. The third-order valence-corrected chi connectivity index (χ3v) is 13.8. The van der Waals surface area contributed by atoms with Crippen molar-refractivity contribution in [2.24, 2.45) is 0 Å². The number of nitrogens with zero attached hydrogens (tertiary/aromatic N) is 5. The van der Waals surface area contributed by atoms with E-state index in [1.165, 1.54) is 6.20 Å². The van der Waals surface area contributed by atoms with E-state index < -0.39 is 20.0 Å². The lowest BCUT2D eigenvalue weighted by atomic mass is 10.0. The third-order valence-electron chi connectivity index (χ3n) is 9.17. The first-order valence-corrected chi connectivity index (χ1v) is 19.7. The van der Waals surface area contributed by atoms with Crippen molar-refractivity contribution in [1.82, 2.24) is 19.8 Å². The Bertz CT molecular complexity index is 1630. The van der Waals surface area contributed by atoms with Crippen molar-refractivity contribution >= 4 is 31.9 Å². The summed E-state index contributed by atoms with van der Waals surface area (Å²) in [6.07, 6.45) is 6.22. The summed E-state index contributed by atoms with van der Waals surface area (Å²) in [5.74, 6) is -0.137. The van der Waals surface area contributed by atoms with Crippen molar-refractivity contribution in [3.05, 3.63) is 94.0 Å². The fourth-order valence-corrected chi connectivity index (χ4v) is 7.08. The lowest BCUT2D eigenvalue weighted by Crippen LogP contribution is -2.50. The lowest BCUT2D eigenvalue weighted by molar-refractivity contribution is -0.00244. The fraction of sp³-hybridized carbons (Fsp3) is 0.486. The molecule has 0 radical (unpaired) electrons. The van der Waals surface area contributed by atoms with E-state index in [9.17, 15) is 14.9 Å². The fourth-order valence-electron chi connectivity index (χ4n) is 5.68. The molecule has 48 heavy (non-hydrogen) atoms. The molecular weight excluding hydrogens is 642 g/mol.